The summed E-state index contributed by atoms with van der Waals surface area (Å²) in [6.07, 6.45) is -3.24. The molecule has 1 aromatic rings. The van der Waals surface area contributed by atoms with Crippen LogP contribution < -0.4 is 5.32 Å². The molecule has 120 valence electrons. The number of halogens is 3. The molecular formula is C12H18F3N3O2S. The van der Waals surface area contributed by atoms with Crippen molar-refractivity contribution in [2.45, 2.75) is 37.9 Å². The van der Waals surface area contributed by atoms with Crippen molar-refractivity contribution in [1.29, 1.82) is 0 Å². The normalized spacial score (nSPS) is 13.0. The lowest BCUT2D eigenvalue weighted by molar-refractivity contribution is -0.138. The summed E-state index contributed by atoms with van der Waals surface area (Å²) in [7, 11) is -4.30. The van der Waals surface area contributed by atoms with E-state index in [9.17, 15) is 21.6 Å². The average Bonchev–Trinajstić information content (AvgIpc) is 2.35. The lowest BCUT2D eigenvalue weighted by Crippen LogP contribution is -2.43. The van der Waals surface area contributed by atoms with Crippen LogP contribution >= 0.6 is 0 Å². The Morgan fingerprint density at radius 1 is 1.38 bits per heavy atom. The second-order valence-corrected chi connectivity index (χ2v) is 6.50. The molecule has 5 nitrogen and oxygen atoms in total. The van der Waals surface area contributed by atoms with Crippen LogP contribution in [0.4, 0.5) is 19.0 Å². The number of nitrogens with one attached hydrogen (secondary N) is 1. The minimum atomic E-state index is -4.61. The van der Waals surface area contributed by atoms with Crippen LogP contribution in [0.15, 0.2) is 23.2 Å². The SMILES string of the molecule is CCNc1ncccc1S(=O)(=O)N(CC(F)(F)F)C(C)C. The summed E-state index contributed by atoms with van der Waals surface area (Å²) in [5.74, 6) is 0.0489. The Morgan fingerprint density at radius 3 is 2.48 bits per heavy atom. The molecule has 0 aliphatic carbocycles. The quantitative estimate of drug-likeness (QED) is 0.873. The Labute approximate surface area is 122 Å². The second kappa shape index (κ2) is 6.61. The molecule has 9 heteroatoms. The first kappa shape index (κ1) is 17.7. The molecule has 0 fully saturated rings. The lowest BCUT2D eigenvalue weighted by Gasteiger charge is -2.27. The van der Waals surface area contributed by atoms with Gasteiger partial charge in [-0.3, -0.25) is 0 Å². The third kappa shape index (κ3) is 4.57. The van der Waals surface area contributed by atoms with E-state index >= 15 is 0 Å². The van der Waals surface area contributed by atoms with Crippen molar-refractivity contribution < 1.29 is 21.6 Å². The zero-order chi connectivity index (χ0) is 16.3. The summed E-state index contributed by atoms with van der Waals surface area (Å²) in [6.45, 7) is 3.40. The number of nitrogens with zero attached hydrogens (tertiary/aromatic N) is 2. The van der Waals surface area contributed by atoms with Gasteiger partial charge in [0.05, 0.1) is 0 Å². The van der Waals surface area contributed by atoms with Crippen LogP contribution in [-0.4, -0.2) is 43.0 Å². The molecule has 21 heavy (non-hydrogen) atoms. The fourth-order valence-electron chi connectivity index (χ4n) is 1.75. The molecule has 0 atom stereocenters. The first-order valence-corrected chi connectivity index (χ1v) is 7.81. The predicted octanol–water partition coefficient (Wildman–Crippen LogP) is 2.47. The first-order chi connectivity index (χ1) is 9.59. The van der Waals surface area contributed by atoms with E-state index in [-0.39, 0.29) is 10.7 Å². The van der Waals surface area contributed by atoms with Gasteiger partial charge in [-0.1, -0.05) is 0 Å². The Bertz CT molecular complexity index is 573. The van der Waals surface area contributed by atoms with E-state index < -0.39 is 28.8 Å². The van der Waals surface area contributed by atoms with Crippen LogP contribution in [0.5, 0.6) is 0 Å². The van der Waals surface area contributed by atoms with E-state index in [1.165, 1.54) is 32.2 Å². The Balaban J connectivity index is 3.30. The van der Waals surface area contributed by atoms with Gasteiger partial charge in [0.15, 0.2) is 0 Å². The molecule has 0 bridgehead atoms. The van der Waals surface area contributed by atoms with Crippen molar-refractivity contribution in [1.82, 2.24) is 9.29 Å². The minimum absolute atomic E-state index is 0.0489. The third-order valence-electron chi connectivity index (χ3n) is 2.61. The van der Waals surface area contributed by atoms with Crippen molar-refractivity contribution in [3.8, 4) is 0 Å². The van der Waals surface area contributed by atoms with Crippen LogP contribution in [0.25, 0.3) is 0 Å². The zero-order valence-corrected chi connectivity index (χ0v) is 12.8. The summed E-state index contributed by atoms with van der Waals surface area (Å²) < 4.78 is 63.3. The molecule has 0 saturated heterocycles. The molecule has 0 aliphatic rings. The van der Waals surface area contributed by atoms with E-state index in [4.69, 9.17) is 0 Å². The van der Waals surface area contributed by atoms with Gasteiger partial charge < -0.3 is 5.32 Å². The van der Waals surface area contributed by atoms with Crippen molar-refractivity contribution >= 4 is 15.8 Å². The number of hydrogen-bond acceptors (Lipinski definition) is 4. The van der Waals surface area contributed by atoms with Gasteiger partial charge in [-0.15, -0.1) is 0 Å². The number of anilines is 1. The van der Waals surface area contributed by atoms with E-state index in [0.29, 0.717) is 10.8 Å². The monoisotopic (exact) mass is 325 g/mol. The van der Waals surface area contributed by atoms with Gasteiger partial charge in [0.2, 0.25) is 10.0 Å². The highest BCUT2D eigenvalue weighted by atomic mass is 32.2. The smallest absolute Gasteiger partial charge is 0.369 e. The van der Waals surface area contributed by atoms with Crippen LogP contribution in [-0.2, 0) is 10.0 Å². The Hall–Kier alpha value is -1.35. The van der Waals surface area contributed by atoms with Crippen molar-refractivity contribution in [2.24, 2.45) is 0 Å². The molecule has 0 unspecified atom stereocenters. The van der Waals surface area contributed by atoms with Gasteiger partial charge in [0.1, 0.15) is 17.3 Å². The van der Waals surface area contributed by atoms with Gasteiger partial charge in [0.25, 0.3) is 0 Å². The molecule has 1 heterocycles. The van der Waals surface area contributed by atoms with Crippen molar-refractivity contribution in [3.63, 3.8) is 0 Å². The topological polar surface area (TPSA) is 62.3 Å². The molecule has 0 radical (unpaired) electrons. The molecular weight excluding hydrogens is 307 g/mol. The summed E-state index contributed by atoms with van der Waals surface area (Å²) in [5, 5.41) is 2.74. The molecule has 0 spiro atoms. The molecule has 1 N–H and O–H groups in total. The summed E-state index contributed by atoms with van der Waals surface area (Å²) in [5.41, 5.74) is 0. The third-order valence-corrected chi connectivity index (χ3v) is 4.67. The van der Waals surface area contributed by atoms with Crippen LogP contribution in [0.2, 0.25) is 0 Å². The predicted molar refractivity (Wildman–Crippen MR) is 73.5 cm³/mol. The minimum Gasteiger partial charge on any atom is -0.369 e. The molecule has 1 aromatic heterocycles. The highest BCUT2D eigenvalue weighted by molar-refractivity contribution is 7.89. The van der Waals surface area contributed by atoms with Gasteiger partial charge in [-0.25, -0.2) is 13.4 Å². The molecule has 0 aromatic carbocycles. The number of rotatable bonds is 6. The highest BCUT2D eigenvalue weighted by Gasteiger charge is 2.39. The molecule has 1 rings (SSSR count). The standard InChI is InChI=1S/C12H18F3N3O2S/c1-4-16-11-10(6-5-7-17-11)21(19,20)18(9(2)3)8-12(13,14)15/h5-7,9H,4,8H2,1-3H3,(H,16,17). The molecule has 0 saturated carbocycles. The van der Waals surface area contributed by atoms with Gasteiger partial charge in [-0.2, -0.15) is 17.5 Å². The number of alkyl halides is 3. The van der Waals surface area contributed by atoms with Crippen LogP contribution in [0, 0.1) is 0 Å². The second-order valence-electron chi connectivity index (χ2n) is 4.64. The highest BCUT2D eigenvalue weighted by Crippen LogP contribution is 2.27. The number of hydrogen-bond donors (Lipinski definition) is 1. The average molecular weight is 325 g/mol. The van der Waals surface area contributed by atoms with E-state index in [1.54, 1.807) is 6.92 Å². The van der Waals surface area contributed by atoms with E-state index in [0.717, 1.165) is 0 Å². The molecule has 0 aliphatic heterocycles. The first-order valence-electron chi connectivity index (χ1n) is 6.37. The maximum Gasteiger partial charge on any atom is 0.402 e. The Morgan fingerprint density at radius 2 is 2.00 bits per heavy atom. The summed E-state index contributed by atoms with van der Waals surface area (Å²) in [6, 6.07) is 1.79. The van der Waals surface area contributed by atoms with E-state index in [2.05, 4.69) is 10.3 Å². The molecule has 0 amide bonds. The maximum atomic E-state index is 12.6. The fraction of sp³-hybridized carbons (Fsp3) is 0.583. The largest absolute Gasteiger partial charge is 0.402 e. The number of sulfonamides is 1. The van der Waals surface area contributed by atoms with Gasteiger partial charge >= 0.3 is 6.18 Å². The van der Waals surface area contributed by atoms with Gasteiger partial charge in [-0.05, 0) is 32.9 Å². The zero-order valence-electron chi connectivity index (χ0n) is 12.0. The van der Waals surface area contributed by atoms with E-state index in [1.807, 2.05) is 0 Å². The number of pyridine rings is 1. The summed E-state index contributed by atoms with van der Waals surface area (Å²) in [4.78, 5) is 3.62. The summed E-state index contributed by atoms with van der Waals surface area (Å²) >= 11 is 0. The fourth-order valence-corrected chi connectivity index (χ4v) is 3.49. The van der Waals surface area contributed by atoms with Crippen LogP contribution in [0.3, 0.4) is 0 Å². The van der Waals surface area contributed by atoms with Gasteiger partial charge in [0, 0.05) is 18.8 Å². The Kier molecular flexibility index (Phi) is 5.57. The van der Waals surface area contributed by atoms with Crippen molar-refractivity contribution in [3.05, 3.63) is 18.3 Å². The maximum absolute atomic E-state index is 12.6. The number of aromatic nitrogens is 1. The van der Waals surface area contributed by atoms with Crippen molar-refractivity contribution in [2.75, 3.05) is 18.4 Å². The van der Waals surface area contributed by atoms with Crippen LogP contribution in [0.1, 0.15) is 20.8 Å². The lowest BCUT2D eigenvalue weighted by atomic mass is 10.4.